The lowest BCUT2D eigenvalue weighted by molar-refractivity contribution is -0.120. The molecule has 7 nitrogen and oxygen atoms in total. The van der Waals surface area contributed by atoms with Gasteiger partial charge in [-0.25, -0.2) is 5.43 Å². The topological polar surface area (TPSA) is 78.4 Å². The lowest BCUT2D eigenvalue weighted by atomic mass is 10.1. The molecule has 0 bridgehead atoms. The molecule has 25 heavy (non-hydrogen) atoms. The van der Waals surface area contributed by atoms with Crippen molar-refractivity contribution in [3.05, 3.63) is 47.5 Å². The van der Waals surface area contributed by atoms with Crippen molar-refractivity contribution in [2.24, 2.45) is 5.10 Å². The Hall–Kier alpha value is -3.22. The fourth-order valence-corrected chi connectivity index (χ4v) is 2.59. The number of benzene rings is 2. The van der Waals surface area contributed by atoms with Gasteiger partial charge in [-0.05, 0) is 41.5 Å². The van der Waals surface area contributed by atoms with E-state index in [2.05, 4.69) is 10.5 Å². The Bertz CT molecular complexity index is 834. The molecule has 0 saturated heterocycles. The van der Waals surface area contributed by atoms with Gasteiger partial charge in [-0.15, -0.1) is 0 Å². The van der Waals surface area contributed by atoms with Crippen LogP contribution in [0.4, 0.5) is 0 Å². The molecule has 2 aliphatic heterocycles. The zero-order valence-corrected chi connectivity index (χ0v) is 13.4. The SMILES string of the molecule is O=C(Cc1ccc2c(c1)OCCO2)N/N=C/c1ccc2c(c1)OCO2. The van der Waals surface area contributed by atoms with Crippen LogP contribution in [0, 0.1) is 0 Å². The molecule has 0 spiro atoms. The summed E-state index contributed by atoms with van der Waals surface area (Å²) in [5.74, 6) is 2.54. The van der Waals surface area contributed by atoms with Gasteiger partial charge in [0.1, 0.15) is 13.2 Å². The minimum atomic E-state index is -0.214. The monoisotopic (exact) mass is 340 g/mol. The molecule has 4 rings (SSSR count). The molecule has 1 amide bonds. The molecule has 0 radical (unpaired) electrons. The van der Waals surface area contributed by atoms with Crippen molar-refractivity contribution >= 4 is 12.1 Å². The Morgan fingerprint density at radius 3 is 2.60 bits per heavy atom. The Morgan fingerprint density at radius 2 is 1.68 bits per heavy atom. The summed E-state index contributed by atoms with van der Waals surface area (Å²) in [6.07, 6.45) is 1.76. The smallest absolute Gasteiger partial charge is 0.244 e. The molecule has 0 fully saturated rings. The van der Waals surface area contributed by atoms with Gasteiger partial charge in [0.05, 0.1) is 12.6 Å². The van der Waals surface area contributed by atoms with Crippen LogP contribution < -0.4 is 24.4 Å². The molecule has 0 aliphatic carbocycles. The number of hydrogen-bond acceptors (Lipinski definition) is 6. The quantitative estimate of drug-likeness (QED) is 0.679. The maximum Gasteiger partial charge on any atom is 0.244 e. The van der Waals surface area contributed by atoms with Gasteiger partial charge in [0.25, 0.3) is 0 Å². The molecule has 128 valence electrons. The van der Waals surface area contributed by atoms with Crippen molar-refractivity contribution in [1.82, 2.24) is 5.43 Å². The van der Waals surface area contributed by atoms with E-state index in [1.165, 1.54) is 0 Å². The second-order valence-electron chi connectivity index (χ2n) is 5.56. The van der Waals surface area contributed by atoms with E-state index in [9.17, 15) is 4.79 Å². The van der Waals surface area contributed by atoms with E-state index in [-0.39, 0.29) is 19.1 Å². The zero-order chi connectivity index (χ0) is 17.1. The maximum atomic E-state index is 12.0. The van der Waals surface area contributed by atoms with Crippen molar-refractivity contribution in [2.45, 2.75) is 6.42 Å². The van der Waals surface area contributed by atoms with Gasteiger partial charge in [0.2, 0.25) is 12.7 Å². The highest BCUT2D eigenvalue weighted by molar-refractivity contribution is 5.84. The Morgan fingerprint density at radius 1 is 0.960 bits per heavy atom. The number of carbonyl (C=O) groups excluding carboxylic acids is 1. The van der Waals surface area contributed by atoms with Crippen LogP contribution in [0.3, 0.4) is 0 Å². The van der Waals surface area contributed by atoms with Gasteiger partial charge >= 0.3 is 0 Å². The fourth-order valence-electron chi connectivity index (χ4n) is 2.59. The zero-order valence-electron chi connectivity index (χ0n) is 13.4. The number of hydrogen-bond donors (Lipinski definition) is 1. The van der Waals surface area contributed by atoms with Crippen LogP contribution in [0.15, 0.2) is 41.5 Å². The lowest BCUT2D eigenvalue weighted by Crippen LogP contribution is -2.20. The van der Waals surface area contributed by atoms with Crippen LogP contribution in [0.25, 0.3) is 0 Å². The first-order chi connectivity index (χ1) is 12.3. The Balaban J connectivity index is 1.34. The third-order valence-corrected chi connectivity index (χ3v) is 3.77. The largest absolute Gasteiger partial charge is 0.486 e. The Kier molecular flexibility index (Phi) is 4.12. The summed E-state index contributed by atoms with van der Waals surface area (Å²) in [5, 5.41) is 3.97. The van der Waals surface area contributed by atoms with Crippen LogP contribution in [0.1, 0.15) is 11.1 Å². The molecule has 2 aromatic rings. The summed E-state index contributed by atoms with van der Waals surface area (Å²) in [6, 6.07) is 10.9. The second kappa shape index (κ2) is 6.72. The fraction of sp³-hybridized carbons (Fsp3) is 0.222. The maximum absolute atomic E-state index is 12.0. The molecule has 2 aliphatic rings. The van der Waals surface area contributed by atoms with Crippen LogP contribution >= 0.6 is 0 Å². The van der Waals surface area contributed by atoms with Gasteiger partial charge < -0.3 is 18.9 Å². The van der Waals surface area contributed by atoms with E-state index in [1.807, 2.05) is 24.3 Å². The van der Waals surface area contributed by atoms with Gasteiger partial charge in [-0.2, -0.15) is 5.10 Å². The van der Waals surface area contributed by atoms with E-state index in [0.29, 0.717) is 36.2 Å². The van der Waals surface area contributed by atoms with Crippen LogP contribution in [0.5, 0.6) is 23.0 Å². The van der Waals surface area contributed by atoms with Crippen LogP contribution in [-0.4, -0.2) is 32.1 Å². The number of ether oxygens (including phenoxy) is 4. The highest BCUT2D eigenvalue weighted by Gasteiger charge is 2.14. The molecule has 0 aromatic heterocycles. The average molecular weight is 340 g/mol. The van der Waals surface area contributed by atoms with Gasteiger partial charge in [0, 0.05) is 0 Å². The lowest BCUT2D eigenvalue weighted by Gasteiger charge is -2.18. The molecule has 0 saturated carbocycles. The van der Waals surface area contributed by atoms with E-state index in [1.54, 1.807) is 18.3 Å². The minimum absolute atomic E-state index is 0.203. The van der Waals surface area contributed by atoms with E-state index < -0.39 is 0 Å². The summed E-state index contributed by atoms with van der Waals surface area (Å²) in [7, 11) is 0. The molecule has 0 unspecified atom stereocenters. The molecule has 2 heterocycles. The molecular weight excluding hydrogens is 324 g/mol. The summed E-state index contributed by atoms with van der Waals surface area (Å²) in [5.41, 5.74) is 4.16. The molecule has 2 aromatic carbocycles. The standard InChI is InChI=1S/C18H16N2O5/c21-18(9-12-1-3-14-16(7-12)23-6-5-22-14)20-19-10-13-2-4-15-17(8-13)25-11-24-15/h1-4,7-8,10H,5-6,9,11H2,(H,20,21)/b19-10+. The van der Waals surface area contributed by atoms with Gasteiger partial charge in [-0.1, -0.05) is 6.07 Å². The van der Waals surface area contributed by atoms with Crippen molar-refractivity contribution in [3.8, 4) is 23.0 Å². The van der Waals surface area contributed by atoms with Crippen LogP contribution in [-0.2, 0) is 11.2 Å². The van der Waals surface area contributed by atoms with Gasteiger partial charge in [0.15, 0.2) is 23.0 Å². The highest BCUT2D eigenvalue weighted by atomic mass is 16.7. The number of hydrazone groups is 1. The molecule has 0 atom stereocenters. The van der Waals surface area contributed by atoms with E-state index in [0.717, 1.165) is 11.1 Å². The first kappa shape index (κ1) is 15.3. The number of amides is 1. The predicted octanol–water partition coefficient (Wildman–Crippen LogP) is 1.88. The van der Waals surface area contributed by atoms with Crippen molar-refractivity contribution in [3.63, 3.8) is 0 Å². The van der Waals surface area contributed by atoms with Crippen molar-refractivity contribution in [2.75, 3.05) is 20.0 Å². The molecular formula is C18H16N2O5. The normalized spacial score (nSPS) is 14.6. The number of nitrogens with one attached hydrogen (secondary N) is 1. The number of rotatable bonds is 4. The first-order valence-electron chi connectivity index (χ1n) is 7.88. The third kappa shape index (κ3) is 3.50. The van der Waals surface area contributed by atoms with Crippen molar-refractivity contribution in [1.29, 1.82) is 0 Å². The van der Waals surface area contributed by atoms with E-state index in [4.69, 9.17) is 18.9 Å². The average Bonchev–Trinajstić information content (AvgIpc) is 3.09. The summed E-state index contributed by atoms with van der Waals surface area (Å²) >= 11 is 0. The Labute approximate surface area is 144 Å². The van der Waals surface area contributed by atoms with E-state index >= 15 is 0 Å². The number of fused-ring (bicyclic) bond motifs is 2. The number of nitrogens with zero attached hydrogens (tertiary/aromatic N) is 1. The molecule has 1 N–H and O–H groups in total. The summed E-state index contributed by atoms with van der Waals surface area (Å²) < 4.78 is 21.5. The van der Waals surface area contributed by atoms with Crippen LogP contribution in [0.2, 0.25) is 0 Å². The second-order valence-corrected chi connectivity index (χ2v) is 5.56. The highest BCUT2D eigenvalue weighted by Crippen LogP contribution is 2.32. The predicted molar refractivity (Wildman–Crippen MR) is 89.4 cm³/mol. The molecule has 7 heteroatoms. The summed E-state index contributed by atoms with van der Waals surface area (Å²) in [4.78, 5) is 12.0. The minimum Gasteiger partial charge on any atom is -0.486 e. The summed E-state index contributed by atoms with van der Waals surface area (Å²) in [6.45, 7) is 1.28. The van der Waals surface area contributed by atoms with Crippen molar-refractivity contribution < 1.29 is 23.7 Å². The first-order valence-corrected chi connectivity index (χ1v) is 7.88. The van der Waals surface area contributed by atoms with Gasteiger partial charge in [-0.3, -0.25) is 4.79 Å². The number of carbonyl (C=O) groups is 1. The third-order valence-electron chi connectivity index (χ3n) is 3.77.